The molecular formula is C14H29NO2. The molecule has 0 aromatic heterocycles. The molecule has 17 heavy (non-hydrogen) atoms. The first-order valence-electron chi connectivity index (χ1n) is 6.86. The average Bonchev–Trinajstić information content (AvgIpc) is 2.20. The van der Waals surface area contributed by atoms with Crippen molar-refractivity contribution in [1.29, 1.82) is 0 Å². The minimum atomic E-state index is -0.683. The van der Waals surface area contributed by atoms with E-state index in [9.17, 15) is 4.79 Å². The highest BCUT2D eigenvalue weighted by Crippen LogP contribution is 2.07. The van der Waals surface area contributed by atoms with Crippen molar-refractivity contribution in [2.75, 3.05) is 19.6 Å². The molecule has 0 amide bonds. The van der Waals surface area contributed by atoms with Crippen LogP contribution in [-0.4, -0.2) is 35.6 Å². The third kappa shape index (κ3) is 11.7. The van der Waals surface area contributed by atoms with Gasteiger partial charge in [-0.2, -0.15) is 0 Å². The summed E-state index contributed by atoms with van der Waals surface area (Å²) in [5.74, 6) is 0.754. The van der Waals surface area contributed by atoms with Crippen LogP contribution in [0.1, 0.15) is 53.4 Å². The zero-order chi connectivity index (χ0) is 13.3. The Morgan fingerprint density at radius 3 is 1.82 bits per heavy atom. The SMILES string of the molecule is CC(C)CCN(CCCC(=O)O)CCC(C)C. The standard InChI is InChI=1S/C14H29NO2/c1-12(2)7-10-15(11-8-13(3)4)9-5-6-14(16)17/h12-13H,5-11H2,1-4H3,(H,16,17). The summed E-state index contributed by atoms with van der Waals surface area (Å²) in [4.78, 5) is 12.9. The normalized spacial score (nSPS) is 11.7. The highest BCUT2D eigenvalue weighted by molar-refractivity contribution is 5.66. The monoisotopic (exact) mass is 243 g/mol. The van der Waals surface area contributed by atoms with E-state index in [0.29, 0.717) is 6.42 Å². The maximum Gasteiger partial charge on any atom is 0.303 e. The Labute approximate surface area is 106 Å². The van der Waals surface area contributed by atoms with Crippen molar-refractivity contribution >= 4 is 5.97 Å². The van der Waals surface area contributed by atoms with Crippen LogP contribution in [-0.2, 0) is 4.79 Å². The third-order valence-corrected chi connectivity index (χ3v) is 2.91. The van der Waals surface area contributed by atoms with Crippen molar-refractivity contribution in [3.63, 3.8) is 0 Å². The van der Waals surface area contributed by atoms with E-state index in [1.165, 1.54) is 12.8 Å². The fourth-order valence-corrected chi connectivity index (χ4v) is 1.67. The molecule has 0 aliphatic rings. The van der Waals surface area contributed by atoms with E-state index in [-0.39, 0.29) is 0 Å². The quantitative estimate of drug-likeness (QED) is 0.640. The second-order valence-electron chi connectivity index (χ2n) is 5.70. The van der Waals surface area contributed by atoms with E-state index in [2.05, 4.69) is 32.6 Å². The summed E-state index contributed by atoms with van der Waals surface area (Å²) in [6.07, 6.45) is 3.46. The maximum atomic E-state index is 10.5. The predicted octanol–water partition coefficient (Wildman–Crippen LogP) is 3.25. The van der Waals surface area contributed by atoms with Crippen molar-refractivity contribution in [3.05, 3.63) is 0 Å². The van der Waals surface area contributed by atoms with Crippen LogP contribution in [0.25, 0.3) is 0 Å². The Balaban J connectivity index is 3.87. The molecule has 1 N–H and O–H groups in total. The van der Waals surface area contributed by atoms with Gasteiger partial charge in [0.2, 0.25) is 0 Å². The van der Waals surface area contributed by atoms with Gasteiger partial charge in [0.25, 0.3) is 0 Å². The van der Waals surface area contributed by atoms with Crippen LogP contribution in [0.5, 0.6) is 0 Å². The van der Waals surface area contributed by atoms with Gasteiger partial charge < -0.3 is 10.0 Å². The summed E-state index contributed by atoms with van der Waals surface area (Å²) in [6, 6.07) is 0. The van der Waals surface area contributed by atoms with E-state index in [4.69, 9.17) is 5.11 Å². The smallest absolute Gasteiger partial charge is 0.303 e. The van der Waals surface area contributed by atoms with Crippen molar-refractivity contribution in [1.82, 2.24) is 4.90 Å². The minimum Gasteiger partial charge on any atom is -0.481 e. The number of carboxylic acids is 1. The number of carboxylic acid groups (broad SMARTS) is 1. The molecule has 0 atom stereocenters. The molecule has 0 radical (unpaired) electrons. The minimum absolute atomic E-state index is 0.292. The molecule has 0 spiro atoms. The molecule has 0 saturated carbocycles. The molecule has 0 aromatic carbocycles. The lowest BCUT2D eigenvalue weighted by atomic mass is 10.1. The largest absolute Gasteiger partial charge is 0.481 e. The van der Waals surface area contributed by atoms with Gasteiger partial charge in [0.05, 0.1) is 0 Å². The van der Waals surface area contributed by atoms with E-state index in [0.717, 1.165) is 37.9 Å². The lowest BCUT2D eigenvalue weighted by molar-refractivity contribution is -0.137. The van der Waals surface area contributed by atoms with E-state index < -0.39 is 5.97 Å². The first-order chi connectivity index (χ1) is 7.91. The Morgan fingerprint density at radius 2 is 1.47 bits per heavy atom. The van der Waals surface area contributed by atoms with Crippen LogP contribution in [0.15, 0.2) is 0 Å². The molecule has 0 fully saturated rings. The van der Waals surface area contributed by atoms with Crippen molar-refractivity contribution in [2.24, 2.45) is 11.8 Å². The summed E-state index contributed by atoms with van der Waals surface area (Å²) >= 11 is 0. The fourth-order valence-electron chi connectivity index (χ4n) is 1.67. The van der Waals surface area contributed by atoms with Gasteiger partial charge in [0.15, 0.2) is 0 Å². The number of hydrogen-bond acceptors (Lipinski definition) is 2. The van der Waals surface area contributed by atoms with Crippen LogP contribution in [0.4, 0.5) is 0 Å². The van der Waals surface area contributed by atoms with Crippen molar-refractivity contribution < 1.29 is 9.90 Å². The predicted molar refractivity (Wildman–Crippen MR) is 72.2 cm³/mol. The second-order valence-corrected chi connectivity index (χ2v) is 5.70. The van der Waals surface area contributed by atoms with Gasteiger partial charge >= 0.3 is 5.97 Å². The van der Waals surface area contributed by atoms with E-state index >= 15 is 0 Å². The highest BCUT2D eigenvalue weighted by atomic mass is 16.4. The van der Waals surface area contributed by atoms with Gasteiger partial charge in [0.1, 0.15) is 0 Å². The molecule has 102 valence electrons. The number of rotatable bonds is 10. The Morgan fingerprint density at radius 1 is 1.00 bits per heavy atom. The van der Waals surface area contributed by atoms with Crippen LogP contribution >= 0.6 is 0 Å². The number of hydrogen-bond donors (Lipinski definition) is 1. The van der Waals surface area contributed by atoms with Crippen LogP contribution in [0.3, 0.4) is 0 Å². The van der Waals surface area contributed by atoms with Gasteiger partial charge in [-0.05, 0) is 50.7 Å². The average molecular weight is 243 g/mol. The van der Waals surface area contributed by atoms with Gasteiger partial charge in [-0.3, -0.25) is 4.79 Å². The van der Waals surface area contributed by atoms with E-state index in [1.54, 1.807) is 0 Å². The molecule has 0 aromatic rings. The summed E-state index contributed by atoms with van der Waals surface area (Å²) in [7, 11) is 0. The molecule has 0 heterocycles. The topological polar surface area (TPSA) is 40.5 Å². The van der Waals surface area contributed by atoms with Crippen molar-refractivity contribution in [2.45, 2.75) is 53.4 Å². The Bertz CT molecular complexity index is 190. The van der Waals surface area contributed by atoms with Crippen LogP contribution < -0.4 is 0 Å². The first kappa shape index (κ1) is 16.4. The number of aliphatic carboxylic acids is 1. The van der Waals surface area contributed by atoms with Crippen molar-refractivity contribution in [3.8, 4) is 0 Å². The zero-order valence-electron chi connectivity index (χ0n) is 11.9. The lowest BCUT2D eigenvalue weighted by Crippen LogP contribution is -2.29. The molecule has 0 saturated heterocycles. The third-order valence-electron chi connectivity index (χ3n) is 2.91. The Hall–Kier alpha value is -0.570. The lowest BCUT2D eigenvalue weighted by Gasteiger charge is -2.23. The number of carbonyl (C=O) groups is 1. The molecule has 0 unspecified atom stereocenters. The molecular weight excluding hydrogens is 214 g/mol. The zero-order valence-corrected chi connectivity index (χ0v) is 11.9. The molecule has 0 aliphatic carbocycles. The van der Waals surface area contributed by atoms with Gasteiger partial charge in [-0.25, -0.2) is 0 Å². The Kier molecular flexibility index (Phi) is 9.14. The summed E-state index contributed by atoms with van der Waals surface area (Å²) in [6.45, 7) is 12.1. The molecule has 0 bridgehead atoms. The van der Waals surface area contributed by atoms with Gasteiger partial charge in [-0.15, -0.1) is 0 Å². The molecule has 0 rings (SSSR count). The summed E-state index contributed by atoms with van der Waals surface area (Å²) in [5.41, 5.74) is 0. The summed E-state index contributed by atoms with van der Waals surface area (Å²) < 4.78 is 0. The molecule has 3 nitrogen and oxygen atoms in total. The van der Waals surface area contributed by atoms with Gasteiger partial charge in [-0.1, -0.05) is 27.7 Å². The highest BCUT2D eigenvalue weighted by Gasteiger charge is 2.08. The first-order valence-corrected chi connectivity index (χ1v) is 6.86. The van der Waals surface area contributed by atoms with Crippen LogP contribution in [0, 0.1) is 11.8 Å². The van der Waals surface area contributed by atoms with E-state index in [1.807, 2.05) is 0 Å². The summed E-state index contributed by atoms with van der Waals surface area (Å²) in [5, 5.41) is 8.64. The second kappa shape index (κ2) is 9.46. The van der Waals surface area contributed by atoms with Crippen LogP contribution in [0.2, 0.25) is 0 Å². The maximum absolute atomic E-state index is 10.5. The molecule has 3 heteroatoms. The molecule has 0 aliphatic heterocycles. The van der Waals surface area contributed by atoms with Gasteiger partial charge in [0, 0.05) is 6.42 Å². The fraction of sp³-hybridized carbons (Fsp3) is 0.929. The number of nitrogens with zero attached hydrogens (tertiary/aromatic N) is 1.